The zero-order valence-electron chi connectivity index (χ0n) is 16.1. The van der Waals surface area contributed by atoms with Crippen molar-refractivity contribution in [2.75, 3.05) is 5.32 Å². The van der Waals surface area contributed by atoms with Crippen LogP contribution in [0.25, 0.3) is 0 Å². The summed E-state index contributed by atoms with van der Waals surface area (Å²) in [5.74, 6) is -1.14. The molecule has 0 aliphatic rings. The van der Waals surface area contributed by atoms with E-state index in [0.717, 1.165) is 5.56 Å². The lowest BCUT2D eigenvalue weighted by molar-refractivity contribution is -0.138. The number of rotatable bonds is 8. The topological polar surface area (TPSA) is 105 Å². The van der Waals surface area contributed by atoms with Crippen LogP contribution in [-0.4, -0.2) is 35.0 Å². The van der Waals surface area contributed by atoms with Crippen molar-refractivity contribution in [3.05, 3.63) is 59.7 Å². The lowest BCUT2D eigenvalue weighted by Gasteiger charge is -2.14. The summed E-state index contributed by atoms with van der Waals surface area (Å²) in [6.07, 6.45) is 0.160. The summed E-state index contributed by atoms with van der Waals surface area (Å²) in [4.78, 5) is 35.1. The second kappa shape index (κ2) is 9.55. The van der Waals surface area contributed by atoms with E-state index in [2.05, 4.69) is 10.6 Å². The largest absolute Gasteiger partial charge is 0.491 e. The number of ether oxygens (including phenoxy) is 1. The molecule has 0 aliphatic heterocycles. The van der Waals surface area contributed by atoms with E-state index in [4.69, 9.17) is 9.84 Å². The predicted molar refractivity (Wildman–Crippen MR) is 106 cm³/mol. The predicted octanol–water partition coefficient (Wildman–Crippen LogP) is 2.86. The van der Waals surface area contributed by atoms with Gasteiger partial charge in [0.2, 0.25) is 5.91 Å². The normalized spacial score (nSPS) is 11.6. The molecule has 1 atom stereocenters. The SMILES string of the molecule is CC(C)Oc1ccccc1CC(=O)Nc1ccc(C(=O)NC(C)C(=O)O)cc1. The summed E-state index contributed by atoms with van der Waals surface area (Å²) in [6.45, 7) is 5.23. The highest BCUT2D eigenvalue weighted by Crippen LogP contribution is 2.20. The Bertz CT molecular complexity index is 846. The Morgan fingerprint density at radius 2 is 1.64 bits per heavy atom. The van der Waals surface area contributed by atoms with Crippen molar-refractivity contribution >= 4 is 23.5 Å². The number of carboxylic acids is 1. The first-order valence-corrected chi connectivity index (χ1v) is 8.94. The Hall–Kier alpha value is -3.35. The van der Waals surface area contributed by atoms with E-state index in [1.54, 1.807) is 12.1 Å². The van der Waals surface area contributed by atoms with E-state index in [1.165, 1.54) is 19.1 Å². The summed E-state index contributed by atoms with van der Waals surface area (Å²) in [5, 5.41) is 14.0. The average Bonchev–Trinajstić information content (AvgIpc) is 2.63. The van der Waals surface area contributed by atoms with Gasteiger partial charge in [-0.25, -0.2) is 0 Å². The molecule has 0 saturated carbocycles. The number of anilines is 1. The van der Waals surface area contributed by atoms with Crippen molar-refractivity contribution in [3.63, 3.8) is 0 Å². The smallest absolute Gasteiger partial charge is 0.325 e. The van der Waals surface area contributed by atoms with E-state index in [9.17, 15) is 14.4 Å². The van der Waals surface area contributed by atoms with Gasteiger partial charge in [-0.15, -0.1) is 0 Å². The highest BCUT2D eigenvalue weighted by molar-refractivity contribution is 5.97. The zero-order valence-corrected chi connectivity index (χ0v) is 16.1. The molecule has 0 heterocycles. The fraction of sp³-hybridized carbons (Fsp3) is 0.286. The molecule has 2 rings (SSSR count). The molecule has 0 aromatic heterocycles. The van der Waals surface area contributed by atoms with Crippen molar-refractivity contribution in [1.29, 1.82) is 0 Å². The Kier molecular flexibility index (Phi) is 7.14. The minimum Gasteiger partial charge on any atom is -0.491 e. The van der Waals surface area contributed by atoms with Gasteiger partial charge < -0.3 is 20.5 Å². The molecule has 28 heavy (non-hydrogen) atoms. The van der Waals surface area contributed by atoms with Gasteiger partial charge in [-0.2, -0.15) is 0 Å². The maximum Gasteiger partial charge on any atom is 0.325 e. The van der Waals surface area contributed by atoms with Crippen LogP contribution in [0.4, 0.5) is 5.69 Å². The van der Waals surface area contributed by atoms with Crippen LogP contribution in [-0.2, 0) is 16.0 Å². The lowest BCUT2D eigenvalue weighted by Crippen LogP contribution is -2.38. The summed E-state index contributed by atoms with van der Waals surface area (Å²) in [7, 11) is 0. The number of carbonyl (C=O) groups excluding carboxylic acids is 2. The molecule has 0 fully saturated rings. The van der Waals surface area contributed by atoms with E-state index in [1.807, 2.05) is 38.1 Å². The molecule has 0 spiro atoms. The summed E-state index contributed by atoms with van der Waals surface area (Å²) >= 11 is 0. The van der Waals surface area contributed by atoms with Gasteiger partial charge in [-0.05, 0) is 51.1 Å². The third kappa shape index (κ3) is 6.12. The van der Waals surface area contributed by atoms with Gasteiger partial charge in [0.1, 0.15) is 11.8 Å². The monoisotopic (exact) mass is 384 g/mol. The molecule has 0 saturated heterocycles. The minimum absolute atomic E-state index is 0.00625. The van der Waals surface area contributed by atoms with E-state index < -0.39 is 17.9 Å². The number of nitrogens with one attached hydrogen (secondary N) is 2. The van der Waals surface area contributed by atoms with Gasteiger partial charge in [-0.1, -0.05) is 18.2 Å². The highest BCUT2D eigenvalue weighted by atomic mass is 16.5. The van der Waals surface area contributed by atoms with Gasteiger partial charge >= 0.3 is 5.97 Å². The number of hydrogen-bond acceptors (Lipinski definition) is 4. The maximum atomic E-state index is 12.3. The van der Waals surface area contributed by atoms with Crippen LogP contribution in [0, 0.1) is 0 Å². The molecule has 7 nitrogen and oxygen atoms in total. The molecule has 2 aromatic carbocycles. The van der Waals surface area contributed by atoms with Crippen molar-refractivity contribution in [3.8, 4) is 5.75 Å². The fourth-order valence-electron chi connectivity index (χ4n) is 2.44. The second-order valence-corrected chi connectivity index (χ2v) is 6.61. The number of amides is 2. The minimum atomic E-state index is -1.11. The number of hydrogen-bond donors (Lipinski definition) is 3. The molecule has 2 amide bonds. The molecule has 0 bridgehead atoms. The molecule has 1 unspecified atom stereocenters. The van der Waals surface area contributed by atoms with Crippen molar-refractivity contribution < 1.29 is 24.2 Å². The molecular weight excluding hydrogens is 360 g/mol. The first-order valence-electron chi connectivity index (χ1n) is 8.94. The molecule has 7 heteroatoms. The Labute approximate surface area is 163 Å². The Morgan fingerprint density at radius 3 is 2.25 bits per heavy atom. The third-order valence-corrected chi connectivity index (χ3v) is 3.84. The summed E-state index contributed by atoms with van der Waals surface area (Å²) in [5.41, 5.74) is 1.63. The number of carboxylic acid groups (broad SMARTS) is 1. The number of aliphatic carboxylic acids is 1. The van der Waals surface area contributed by atoms with E-state index in [0.29, 0.717) is 17.0 Å². The molecule has 3 N–H and O–H groups in total. The van der Waals surface area contributed by atoms with Crippen LogP contribution in [0.3, 0.4) is 0 Å². The van der Waals surface area contributed by atoms with Crippen LogP contribution >= 0.6 is 0 Å². The van der Waals surface area contributed by atoms with Crippen LogP contribution < -0.4 is 15.4 Å². The number of carbonyl (C=O) groups is 3. The van der Waals surface area contributed by atoms with E-state index >= 15 is 0 Å². The first kappa shape index (κ1) is 21.0. The third-order valence-electron chi connectivity index (χ3n) is 3.84. The molecule has 148 valence electrons. The van der Waals surface area contributed by atoms with Gasteiger partial charge in [-0.3, -0.25) is 14.4 Å². The summed E-state index contributed by atoms with van der Waals surface area (Å²) < 4.78 is 5.72. The van der Waals surface area contributed by atoms with Gasteiger partial charge in [0, 0.05) is 16.8 Å². The van der Waals surface area contributed by atoms with Crippen molar-refractivity contribution in [2.24, 2.45) is 0 Å². The van der Waals surface area contributed by atoms with Crippen LogP contribution in [0.15, 0.2) is 48.5 Å². The standard InChI is InChI=1S/C21H24N2O5/c1-13(2)28-18-7-5-4-6-16(18)12-19(24)23-17-10-8-15(9-11-17)20(25)22-14(3)21(26)27/h4-11,13-14H,12H2,1-3H3,(H,22,25)(H,23,24)(H,26,27). The quantitative estimate of drug-likeness (QED) is 0.649. The molecule has 2 aromatic rings. The molecule has 0 radical (unpaired) electrons. The summed E-state index contributed by atoms with van der Waals surface area (Å²) in [6, 6.07) is 12.6. The van der Waals surface area contributed by atoms with Crippen LogP contribution in [0.2, 0.25) is 0 Å². The number of para-hydroxylation sites is 1. The van der Waals surface area contributed by atoms with Crippen LogP contribution in [0.1, 0.15) is 36.7 Å². The van der Waals surface area contributed by atoms with Crippen LogP contribution in [0.5, 0.6) is 5.75 Å². The number of benzene rings is 2. The molecule has 0 aliphatic carbocycles. The first-order chi connectivity index (χ1) is 13.3. The fourth-order valence-corrected chi connectivity index (χ4v) is 2.44. The maximum absolute atomic E-state index is 12.3. The van der Waals surface area contributed by atoms with Gasteiger partial charge in [0.15, 0.2) is 0 Å². The lowest BCUT2D eigenvalue weighted by atomic mass is 10.1. The van der Waals surface area contributed by atoms with E-state index in [-0.39, 0.29) is 18.4 Å². The Balaban J connectivity index is 1.98. The van der Waals surface area contributed by atoms with Gasteiger partial charge in [0.05, 0.1) is 12.5 Å². The second-order valence-electron chi connectivity index (χ2n) is 6.61. The van der Waals surface area contributed by atoms with Crippen molar-refractivity contribution in [1.82, 2.24) is 5.32 Å². The highest BCUT2D eigenvalue weighted by Gasteiger charge is 2.15. The van der Waals surface area contributed by atoms with Gasteiger partial charge in [0.25, 0.3) is 5.91 Å². The van der Waals surface area contributed by atoms with Crippen molar-refractivity contribution in [2.45, 2.75) is 39.3 Å². The molecular formula is C21H24N2O5. The average molecular weight is 384 g/mol. The Morgan fingerprint density at radius 1 is 1.00 bits per heavy atom. The zero-order chi connectivity index (χ0) is 20.7.